The lowest BCUT2D eigenvalue weighted by atomic mass is 9.46. The monoisotopic (exact) mass is 493 g/mol. The third-order valence-corrected chi connectivity index (χ3v) is 10.0. The average Bonchev–Trinajstić information content (AvgIpc) is 3.18. The molecule has 35 heavy (non-hydrogen) atoms. The van der Waals surface area contributed by atoms with Crippen LogP contribution in [0.5, 0.6) is 0 Å². The van der Waals surface area contributed by atoms with Gasteiger partial charge in [-0.1, -0.05) is 78.1 Å². The number of ether oxygens (including phenoxy) is 1. The minimum absolute atomic E-state index is 0.0393. The number of hydrogen-bond donors (Lipinski definition) is 0. The molecule has 3 nitrogen and oxygen atoms in total. The maximum Gasteiger partial charge on any atom is 0.306 e. The lowest BCUT2D eigenvalue weighted by Crippen LogP contribution is -2.56. The van der Waals surface area contributed by atoms with E-state index in [1.165, 1.54) is 25.3 Å². The van der Waals surface area contributed by atoms with Crippen LogP contribution in [0, 0.1) is 34.5 Å². The van der Waals surface area contributed by atoms with Gasteiger partial charge in [-0.15, -0.1) is 0 Å². The Morgan fingerprint density at radius 1 is 1.00 bits per heavy atom. The number of carbonyl (C=O) groups excluding carboxylic acids is 2. The first-order valence-electron chi connectivity index (χ1n) is 18.9. The van der Waals surface area contributed by atoms with E-state index in [1.54, 1.807) is 6.92 Å². The van der Waals surface area contributed by atoms with E-state index < -0.39 is 60.7 Å². The fraction of sp³-hybridized carbons (Fsp3) is 0.875. The molecular formula is C32H52O3. The number of unbranched alkanes of at least 4 members (excludes halogenated alkanes) is 7. The van der Waals surface area contributed by atoms with Gasteiger partial charge in [-0.2, -0.15) is 0 Å². The predicted molar refractivity (Wildman–Crippen MR) is 143 cm³/mol. The van der Waals surface area contributed by atoms with Crippen LogP contribution >= 0.6 is 0 Å². The van der Waals surface area contributed by atoms with Crippen LogP contribution in [-0.4, -0.2) is 17.4 Å². The molecule has 4 rings (SSSR count). The molecule has 1 unspecified atom stereocenters. The second kappa shape index (κ2) is 10.7. The van der Waals surface area contributed by atoms with E-state index in [-0.39, 0.29) is 50.2 Å². The van der Waals surface area contributed by atoms with Crippen molar-refractivity contribution < 1.29 is 26.7 Å². The molecule has 0 amide bonds. The fourth-order valence-corrected chi connectivity index (χ4v) is 8.01. The van der Waals surface area contributed by atoms with Crippen LogP contribution in [0.2, 0.25) is 0 Å². The Balaban J connectivity index is 1.66. The zero-order valence-corrected chi connectivity index (χ0v) is 21.9. The van der Waals surface area contributed by atoms with Gasteiger partial charge in [0.2, 0.25) is 0 Å². The first-order chi connectivity index (χ1) is 20.4. The van der Waals surface area contributed by atoms with Crippen LogP contribution in [0.15, 0.2) is 11.6 Å². The Morgan fingerprint density at radius 3 is 2.49 bits per heavy atom. The van der Waals surface area contributed by atoms with Gasteiger partial charge < -0.3 is 4.74 Å². The van der Waals surface area contributed by atoms with E-state index in [1.807, 2.05) is 0 Å². The van der Waals surface area contributed by atoms with Crippen molar-refractivity contribution in [3.63, 3.8) is 0 Å². The van der Waals surface area contributed by atoms with Crippen LogP contribution in [0.3, 0.4) is 0 Å². The summed E-state index contributed by atoms with van der Waals surface area (Å²) in [7, 11) is 0. The number of fused-ring (bicyclic) bond motifs is 5. The molecule has 3 saturated carbocycles. The average molecular weight is 494 g/mol. The Bertz CT molecular complexity index is 1090. The van der Waals surface area contributed by atoms with Crippen LogP contribution in [0.4, 0.5) is 0 Å². The molecule has 0 aromatic carbocycles. The molecule has 0 aromatic rings. The first-order valence-corrected chi connectivity index (χ1v) is 14.4. The van der Waals surface area contributed by atoms with Gasteiger partial charge in [0.1, 0.15) is 5.60 Å². The third kappa shape index (κ3) is 4.91. The van der Waals surface area contributed by atoms with Crippen LogP contribution < -0.4 is 0 Å². The quantitative estimate of drug-likeness (QED) is 0.226. The maximum atomic E-state index is 13.4. The number of ketones is 1. The second-order valence-electron chi connectivity index (χ2n) is 12.1. The highest BCUT2D eigenvalue weighted by Crippen LogP contribution is 2.69. The van der Waals surface area contributed by atoms with Crippen molar-refractivity contribution in [1.82, 2.24) is 0 Å². The van der Waals surface area contributed by atoms with Gasteiger partial charge in [0.15, 0.2) is 5.78 Å². The van der Waals surface area contributed by atoms with Gasteiger partial charge in [0.05, 0.1) is 0 Å². The van der Waals surface area contributed by atoms with E-state index in [9.17, 15) is 9.59 Å². The molecule has 0 bridgehead atoms. The lowest BCUT2D eigenvalue weighted by molar-refractivity contribution is -0.186. The molecule has 198 valence electrons. The van der Waals surface area contributed by atoms with Gasteiger partial charge in [-0.25, -0.2) is 0 Å². The third-order valence-electron chi connectivity index (χ3n) is 10.0. The molecule has 0 saturated heterocycles. The number of carbonyl (C=O) groups is 2. The van der Waals surface area contributed by atoms with Gasteiger partial charge in [0.25, 0.3) is 0 Å². The summed E-state index contributed by atoms with van der Waals surface area (Å²) in [6, 6.07) is 0. The molecule has 4 aliphatic carbocycles. The Morgan fingerprint density at radius 2 is 1.77 bits per heavy atom. The molecule has 0 N–H and O–H groups in total. The zero-order chi connectivity index (χ0) is 32.8. The largest absolute Gasteiger partial charge is 0.458 e. The molecule has 0 radical (unpaired) electrons. The van der Waals surface area contributed by atoms with Crippen LogP contribution in [-0.2, 0) is 14.3 Å². The number of allylic oxidation sites excluding steroid dienone is 1. The summed E-state index contributed by atoms with van der Waals surface area (Å²) >= 11 is 0. The van der Waals surface area contributed by atoms with Crippen molar-refractivity contribution in [3.05, 3.63) is 11.6 Å². The predicted octanol–water partition coefficient (Wildman–Crippen LogP) is 8.60. The second-order valence-corrected chi connectivity index (χ2v) is 12.1. The molecule has 4 aliphatic rings. The van der Waals surface area contributed by atoms with Crippen LogP contribution in [0.25, 0.3) is 0 Å². The van der Waals surface area contributed by atoms with Crippen molar-refractivity contribution in [1.29, 1.82) is 0 Å². The normalized spacial score (nSPS) is 45.4. The first kappa shape index (κ1) is 17.4. The van der Waals surface area contributed by atoms with Gasteiger partial charge in [-0.05, 0) is 87.0 Å². The smallest absolute Gasteiger partial charge is 0.306 e. The Hall–Kier alpha value is -1.12. The standard InChI is InChI=1S/C32H52O3/c1-6-7-8-9-10-11-12-13-14-29(34)35-32(5)23(2)21-28-26-16-15-24-22-25(33)17-19-30(24,3)27(26)18-20-31(28,32)4/h22-23,26-28H,6-21H2,1-5H3/t23?,26-,27+,28+,30+,31+,32+/m1/s1/i3D3,4D3,5D3. The highest BCUT2D eigenvalue weighted by molar-refractivity contribution is 5.91. The molecule has 7 atom stereocenters. The van der Waals surface area contributed by atoms with E-state index in [0.717, 1.165) is 25.7 Å². The van der Waals surface area contributed by atoms with E-state index >= 15 is 0 Å². The van der Waals surface area contributed by atoms with Gasteiger partial charge >= 0.3 is 5.97 Å². The van der Waals surface area contributed by atoms with Crippen molar-refractivity contribution in [2.75, 3.05) is 0 Å². The Kier molecular flexibility index (Phi) is 5.32. The summed E-state index contributed by atoms with van der Waals surface area (Å²) in [4.78, 5) is 25.8. The summed E-state index contributed by atoms with van der Waals surface area (Å²) in [5, 5.41) is 0. The summed E-state index contributed by atoms with van der Waals surface area (Å²) < 4.78 is 85.0. The van der Waals surface area contributed by atoms with Crippen molar-refractivity contribution in [2.24, 2.45) is 34.5 Å². The van der Waals surface area contributed by atoms with E-state index in [4.69, 9.17) is 17.1 Å². The Labute approximate surface area is 227 Å². The van der Waals surface area contributed by atoms with Crippen molar-refractivity contribution in [3.8, 4) is 0 Å². The van der Waals surface area contributed by atoms with E-state index in [0.29, 0.717) is 24.8 Å². The van der Waals surface area contributed by atoms with Gasteiger partial charge in [0, 0.05) is 30.6 Å². The van der Waals surface area contributed by atoms with E-state index in [2.05, 4.69) is 6.92 Å². The maximum absolute atomic E-state index is 13.4. The SMILES string of the molecule is [2H]C([2H])([2H])[C@]1(OC(=O)CCCCCCCCCC)C(C)C[C@H]2[C@@H]3CCC4=CC(=O)CC[C@]4(C([2H])([2H])[2H])[C@H]3CC[C@@]21C([2H])([2H])[2H]. The number of rotatable bonds is 10. The van der Waals surface area contributed by atoms with Crippen molar-refractivity contribution >= 4 is 11.8 Å². The minimum atomic E-state index is -2.89. The number of hydrogen-bond acceptors (Lipinski definition) is 3. The number of esters is 1. The topological polar surface area (TPSA) is 43.4 Å². The van der Waals surface area contributed by atoms with Crippen molar-refractivity contribution in [2.45, 2.75) is 143 Å². The summed E-state index contributed by atoms with van der Waals surface area (Å²) in [5.74, 6) is -2.92. The molecular weight excluding hydrogens is 432 g/mol. The minimum Gasteiger partial charge on any atom is -0.458 e. The lowest BCUT2D eigenvalue weighted by Gasteiger charge is -2.59. The fourth-order valence-electron chi connectivity index (χ4n) is 8.01. The molecule has 0 heterocycles. The van der Waals surface area contributed by atoms with Crippen LogP contribution in [0.1, 0.15) is 149 Å². The molecule has 0 spiro atoms. The highest BCUT2D eigenvalue weighted by Gasteiger charge is 2.66. The highest BCUT2D eigenvalue weighted by atomic mass is 16.6. The summed E-state index contributed by atoms with van der Waals surface area (Å²) in [5.41, 5.74) is -4.63. The summed E-state index contributed by atoms with van der Waals surface area (Å²) in [6.45, 7) is -4.17. The molecule has 3 heteroatoms. The van der Waals surface area contributed by atoms with Gasteiger partial charge in [-0.3, -0.25) is 9.59 Å². The molecule has 3 fully saturated rings. The summed E-state index contributed by atoms with van der Waals surface area (Å²) in [6.07, 6.45) is 11.3. The molecule has 0 aromatic heterocycles. The molecule has 0 aliphatic heterocycles. The zero-order valence-electron chi connectivity index (χ0n) is 30.9.